The molecular weight excluding hydrogens is 351 g/mol. The van der Waals surface area contributed by atoms with Gasteiger partial charge in [0.1, 0.15) is 0 Å². The minimum absolute atomic E-state index is 0. The van der Waals surface area contributed by atoms with Crippen LogP contribution in [0.4, 0.5) is 0 Å². The van der Waals surface area contributed by atoms with E-state index in [2.05, 4.69) is 40.4 Å². The van der Waals surface area contributed by atoms with Crippen molar-refractivity contribution in [2.75, 3.05) is 13.1 Å². The number of guanidine groups is 1. The number of aromatic amines is 1. The van der Waals surface area contributed by atoms with Gasteiger partial charge in [-0.15, -0.1) is 24.0 Å². The highest BCUT2D eigenvalue weighted by atomic mass is 127. The van der Waals surface area contributed by atoms with Crippen LogP contribution in [0.15, 0.2) is 35.3 Å². The Balaban J connectivity index is 0.00000180. The Morgan fingerprint density at radius 1 is 1.37 bits per heavy atom. The fourth-order valence-electron chi connectivity index (χ4n) is 1.88. The molecule has 0 radical (unpaired) electrons. The second-order valence-electron chi connectivity index (χ2n) is 4.33. The summed E-state index contributed by atoms with van der Waals surface area (Å²) in [6, 6.07) is 10.5. The highest BCUT2D eigenvalue weighted by Crippen LogP contribution is 2.14. The van der Waals surface area contributed by atoms with Crippen molar-refractivity contribution in [3.05, 3.63) is 36.0 Å². The molecule has 1 aromatic carbocycles. The van der Waals surface area contributed by atoms with E-state index in [0.717, 1.165) is 25.9 Å². The van der Waals surface area contributed by atoms with Crippen LogP contribution in [-0.2, 0) is 6.42 Å². The van der Waals surface area contributed by atoms with Crippen LogP contribution in [0.3, 0.4) is 0 Å². The number of hydrogen-bond acceptors (Lipinski definition) is 1. The van der Waals surface area contributed by atoms with Gasteiger partial charge in [-0.1, -0.05) is 25.1 Å². The third-order valence-corrected chi connectivity index (χ3v) is 2.79. The van der Waals surface area contributed by atoms with Crippen LogP contribution in [0.1, 0.15) is 19.0 Å². The number of aromatic nitrogens is 1. The lowest BCUT2D eigenvalue weighted by atomic mass is 10.2. The van der Waals surface area contributed by atoms with Crippen LogP contribution in [0.25, 0.3) is 10.9 Å². The number of nitrogens with one attached hydrogen (secondary N) is 2. The number of nitrogens with two attached hydrogens (primary N) is 1. The molecule has 0 atom stereocenters. The average Bonchev–Trinajstić information content (AvgIpc) is 2.79. The SMILES string of the molecule is CCCN=C(N)NCCc1cc2ccccc2[nH]1.I. The first kappa shape index (κ1) is 15.8. The highest BCUT2D eigenvalue weighted by molar-refractivity contribution is 14.0. The molecule has 0 saturated carbocycles. The summed E-state index contributed by atoms with van der Waals surface area (Å²) >= 11 is 0. The Kier molecular flexibility index (Phi) is 6.69. The van der Waals surface area contributed by atoms with Crippen LogP contribution in [0.5, 0.6) is 0 Å². The van der Waals surface area contributed by atoms with E-state index < -0.39 is 0 Å². The summed E-state index contributed by atoms with van der Waals surface area (Å²) in [5.41, 5.74) is 8.12. The Hall–Kier alpha value is -1.24. The molecule has 0 bridgehead atoms. The van der Waals surface area contributed by atoms with Crippen molar-refractivity contribution in [1.82, 2.24) is 10.3 Å². The molecule has 4 nitrogen and oxygen atoms in total. The standard InChI is InChI=1S/C14H20N4.HI/c1-2-8-16-14(15)17-9-7-12-10-11-5-3-4-6-13(11)18-12;/h3-6,10,18H,2,7-9H2,1H3,(H3,15,16,17);1H. The van der Waals surface area contributed by atoms with Crippen LogP contribution in [0, 0.1) is 0 Å². The van der Waals surface area contributed by atoms with Crippen molar-refractivity contribution in [3.8, 4) is 0 Å². The van der Waals surface area contributed by atoms with Gasteiger partial charge in [0, 0.05) is 30.7 Å². The predicted molar refractivity (Wildman–Crippen MR) is 92.2 cm³/mol. The third-order valence-electron chi connectivity index (χ3n) is 2.79. The van der Waals surface area contributed by atoms with Crippen LogP contribution in [0.2, 0.25) is 0 Å². The summed E-state index contributed by atoms with van der Waals surface area (Å²) in [7, 11) is 0. The number of para-hydroxylation sites is 1. The summed E-state index contributed by atoms with van der Waals surface area (Å²) in [6.45, 7) is 3.67. The summed E-state index contributed by atoms with van der Waals surface area (Å²) in [5, 5.41) is 4.37. The summed E-state index contributed by atoms with van der Waals surface area (Å²) in [6.07, 6.45) is 1.93. The smallest absolute Gasteiger partial charge is 0.188 e. The van der Waals surface area contributed by atoms with Gasteiger partial charge in [-0.05, 0) is 23.9 Å². The molecule has 2 rings (SSSR count). The molecule has 104 valence electrons. The van der Waals surface area contributed by atoms with Crippen molar-refractivity contribution in [3.63, 3.8) is 0 Å². The van der Waals surface area contributed by atoms with Gasteiger partial charge in [0.2, 0.25) is 0 Å². The van der Waals surface area contributed by atoms with Gasteiger partial charge >= 0.3 is 0 Å². The first-order valence-corrected chi connectivity index (χ1v) is 6.40. The molecule has 19 heavy (non-hydrogen) atoms. The van der Waals surface area contributed by atoms with Gasteiger partial charge in [-0.3, -0.25) is 4.99 Å². The fraction of sp³-hybridized carbons (Fsp3) is 0.357. The van der Waals surface area contributed by atoms with Gasteiger partial charge in [-0.2, -0.15) is 0 Å². The molecule has 0 aliphatic rings. The topological polar surface area (TPSA) is 66.2 Å². The van der Waals surface area contributed by atoms with Crippen molar-refractivity contribution < 1.29 is 0 Å². The predicted octanol–water partition coefficient (Wildman–Crippen LogP) is 2.64. The van der Waals surface area contributed by atoms with Gasteiger partial charge in [0.05, 0.1) is 0 Å². The Bertz CT molecular complexity index is 500. The van der Waals surface area contributed by atoms with Crippen LogP contribution in [-0.4, -0.2) is 24.0 Å². The number of halogens is 1. The molecule has 0 amide bonds. The number of benzene rings is 1. The summed E-state index contributed by atoms with van der Waals surface area (Å²) < 4.78 is 0. The van der Waals surface area contributed by atoms with Crippen molar-refractivity contribution in [2.45, 2.75) is 19.8 Å². The van der Waals surface area contributed by atoms with E-state index in [1.807, 2.05) is 12.1 Å². The zero-order valence-corrected chi connectivity index (χ0v) is 13.5. The normalized spacial score (nSPS) is 11.3. The number of rotatable bonds is 5. The maximum Gasteiger partial charge on any atom is 0.188 e. The Morgan fingerprint density at radius 2 is 2.16 bits per heavy atom. The Morgan fingerprint density at radius 3 is 2.89 bits per heavy atom. The van der Waals surface area contributed by atoms with Gasteiger partial charge in [0.15, 0.2) is 5.96 Å². The van der Waals surface area contributed by atoms with E-state index in [1.165, 1.54) is 16.6 Å². The number of nitrogens with zero attached hydrogens (tertiary/aromatic N) is 1. The van der Waals surface area contributed by atoms with Gasteiger partial charge in [-0.25, -0.2) is 0 Å². The highest BCUT2D eigenvalue weighted by Gasteiger charge is 1.99. The number of fused-ring (bicyclic) bond motifs is 1. The first-order valence-electron chi connectivity index (χ1n) is 6.40. The summed E-state index contributed by atoms with van der Waals surface area (Å²) in [4.78, 5) is 7.58. The molecule has 0 unspecified atom stereocenters. The molecule has 4 N–H and O–H groups in total. The van der Waals surface area contributed by atoms with Crippen LogP contribution < -0.4 is 11.1 Å². The minimum atomic E-state index is 0. The van der Waals surface area contributed by atoms with Crippen molar-refractivity contribution in [2.24, 2.45) is 10.7 Å². The van der Waals surface area contributed by atoms with E-state index in [4.69, 9.17) is 5.73 Å². The lowest BCUT2D eigenvalue weighted by Crippen LogP contribution is -2.33. The summed E-state index contributed by atoms with van der Waals surface area (Å²) in [5.74, 6) is 0.535. The van der Waals surface area contributed by atoms with Crippen LogP contribution >= 0.6 is 24.0 Å². The molecule has 0 fully saturated rings. The third kappa shape index (κ3) is 4.74. The molecule has 1 heterocycles. The van der Waals surface area contributed by atoms with E-state index >= 15 is 0 Å². The number of H-pyrrole nitrogens is 1. The molecule has 0 spiro atoms. The monoisotopic (exact) mass is 372 g/mol. The molecule has 1 aromatic heterocycles. The fourth-order valence-corrected chi connectivity index (χ4v) is 1.88. The number of aliphatic imine (C=N–C) groups is 1. The molecule has 5 heteroatoms. The van der Waals surface area contributed by atoms with Gasteiger partial charge in [0.25, 0.3) is 0 Å². The lowest BCUT2D eigenvalue weighted by molar-refractivity contribution is 0.828. The minimum Gasteiger partial charge on any atom is -0.370 e. The van der Waals surface area contributed by atoms with E-state index in [0.29, 0.717) is 5.96 Å². The maximum atomic E-state index is 5.73. The average molecular weight is 372 g/mol. The molecule has 2 aromatic rings. The second kappa shape index (κ2) is 8.04. The molecule has 0 aliphatic heterocycles. The largest absolute Gasteiger partial charge is 0.370 e. The van der Waals surface area contributed by atoms with Gasteiger partial charge < -0.3 is 16.0 Å². The van der Waals surface area contributed by atoms with E-state index in [-0.39, 0.29) is 24.0 Å². The second-order valence-corrected chi connectivity index (χ2v) is 4.33. The van der Waals surface area contributed by atoms with E-state index in [9.17, 15) is 0 Å². The number of hydrogen-bond donors (Lipinski definition) is 3. The zero-order valence-electron chi connectivity index (χ0n) is 11.1. The molecule has 0 aliphatic carbocycles. The zero-order chi connectivity index (χ0) is 12.8. The lowest BCUT2D eigenvalue weighted by Gasteiger charge is -2.03. The maximum absolute atomic E-state index is 5.73. The van der Waals surface area contributed by atoms with E-state index in [1.54, 1.807) is 0 Å². The first-order chi connectivity index (χ1) is 8.79. The van der Waals surface area contributed by atoms with Crippen molar-refractivity contribution >= 4 is 40.8 Å². The quantitative estimate of drug-likeness (QED) is 0.429. The van der Waals surface area contributed by atoms with Crippen molar-refractivity contribution in [1.29, 1.82) is 0 Å². The molecule has 0 saturated heterocycles. The Labute approximate surface area is 130 Å². The molecular formula is C14H21IN4.